The van der Waals surface area contributed by atoms with Gasteiger partial charge in [-0.3, -0.25) is 9.78 Å². The molecule has 4 aromatic rings. The fraction of sp³-hybridized carbons (Fsp3) is 0.120. The molecule has 4 rings (SSSR count). The molecule has 1 aromatic heterocycles. The van der Waals surface area contributed by atoms with Crippen molar-refractivity contribution < 1.29 is 9.90 Å². The molecule has 0 saturated carbocycles. The van der Waals surface area contributed by atoms with Crippen LogP contribution in [0.5, 0.6) is 5.75 Å². The largest absolute Gasteiger partial charge is 0.508 e. The highest BCUT2D eigenvalue weighted by molar-refractivity contribution is 5.94. The van der Waals surface area contributed by atoms with Crippen LogP contribution in [-0.4, -0.2) is 16.0 Å². The number of aromatic hydroxyl groups is 1. The first-order chi connectivity index (χ1) is 14.2. The summed E-state index contributed by atoms with van der Waals surface area (Å²) in [5, 5.41) is 13.4. The average Bonchev–Trinajstić information content (AvgIpc) is 2.77. The molecule has 0 atom stereocenters. The minimum atomic E-state index is -0.166. The van der Waals surface area contributed by atoms with E-state index < -0.39 is 0 Å². The van der Waals surface area contributed by atoms with E-state index in [1.54, 1.807) is 12.1 Å². The lowest BCUT2D eigenvalue weighted by Gasteiger charge is -2.10. The van der Waals surface area contributed by atoms with E-state index in [4.69, 9.17) is 0 Å². The molecule has 0 spiro atoms. The van der Waals surface area contributed by atoms with Crippen LogP contribution in [0, 0.1) is 0 Å². The van der Waals surface area contributed by atoms with Crippen molar-refractivity contribution in [2.45, 2.75) is 19.4 Å². The molecule has 0 unspecified atom stereocenters. The quantitative estimate of drug-likeness (QED) is 0.510. The Hall–Kier alpha value is -3.66. The molecule has 0 aliphatic heterocycles. The molecule has 0 fully saturated rings. The van der Waals surface area contributed by atoms with Crippen LogP contribution < -0.4 is 5.32 Å². The number of aromatic nitrogens is 1. The van der Waals surface area contributed by atoms with Gasteiger partial charge in [-0.05, 0) is 72.0 Å². The third-order valence-electron chi connectivity index (χ3n) is 5.00. The van der Waals surface area contributed by atoms with E-state index in [0.717, 1.165) is 29.3 Å². The molecule has 1 heterocycles. The first-order valence-corrected chi connectivity index (χ1v) is 9.67. The number of phenols is 1. The van der Waals surface area contributed by atoms with Crippen LogP contribution in [-0.2, 0) is 19.4 Å². The molecule has 0 bridgehead atoms. The van der Waals surface area contributed by atoms with Gasteiger partial charge in [-0.15, -0.1) is 0 Å². The summed E-state index contributed by atoms with van der Waals surface area (Å²) in [7, 11) is 0. The van der Waals surface area contributed by atoms with E-state index in [0.29, 0.717) is 12.1 Å². The van der Waals surface area contributed by atoms with Crippen molar-refractivity contribution in [3.05, 3.63) is 107 Å². The second kappa shape index (κ2) is 8.57. The zero-order valence-corrected chi connectivity index (χ0v) is 16.0. The maximum atomic E-state index is 12.3. The minimum absolute atomic E-state index is 0.145. The van der Waals surface area contributed by atoms with Crippen molar-refractivity contribution in [1.82, 2.24) is 10.3 Å². The van der Waals surface area contributed by atoms with Gasteiger partial charge in [0, 0.05) is 23.7 Å². The lowest BCUT2D eigenvalue weighted by atomic mass is 10.00. The SMILES string of the molecule is O=C(NCc1ccc2nccc(CCc3ccccc3)c2c1)c1ccc(O)cc1. The third-order valence-corrected chi connectivity index (χ3v) is 5.00. The lowest BCUT2D eigenvalue weighted by Crippen LogP contribution is -2.22. The second-order valence-corrected chi connectivity index (χ2v) is 7.04. The molecule has 4 nitrogen and oxygen atoms in total. The van der Waals surface area contributed by atoms with E-state index in [9.17, 15) is 9.90 Å². The van der Waals surface area contributed by atoms with Crippen molar-refractivity contribution in [1.29, 1.82) is 0 Å². The molecule has 3 aromatic carbocycles. The van der Waals surface area contributed by atoms with E-state index in [2.05, 4.69) is 46.7 Å². The van der Waals surface area contributed by atoms with Crippen molar-refractivity contribution >= 4 is 16.8 Å². The summed E-state index contributed by atoms with van der Waals surface area (Å²) in [4.78, 5) is 16.8. The van der Waals surface area contributed by atoms with Crippen LogP contribution in [0.3, 0.4) is 0 Å². The topological polar surface area (TPSA) is 62.2 Å². The molecule has 1 amide bonds. The second-order valence-electron chi connectivity index (χ2n) is 7.04. The van der Waals surface area contributed by atoms with Crippen LogP contribution in [0.1, 0.15) is 27.0 Å². The lowest BCUT2D eigenvalue weighted by molar-refractivity contribution is 0.0951. The molecule has 29 heavy (non-hydrogen) atoms. The molecule has 2 N–H and O–H groups in total. The Morgan fingerprint density at radius 3 is 2.45 bits per heavy atom. The minimum Gasteiger partial charge on any atom is -0.508 e. The predicted molar refractivity (Wildman–Crippen MR) is 115 cm³/mol. The number of benzene rings is 3. The number of amides is 1. The molecule has 4 heteroatoms. The Morgan fingerprint density at radius 1 is 0.862 bits per heavy atom. The van der Waals surface area contributed by atoms with E-state index in [1.165, 1.54) is 23.3 Å². The normalized spacial score (nSPS) is 10.8. The Kier molecular flexibility index (Phi) is 5.52. The van der Waals surface area contributed by atoms with Gasteiger partial charge in [0.25, 0.3) is 5.91 Å². The summed E-state index contributed by atoms with van der Waals surface area (Å²) in [5.74, 6) is -0.0211. The number of carbonyl (C=O) groups excluding carboxylic acids is 1. The third kappa shape index (κ3) is 4.61. The first-order valence-electron chi connectivity index (χ1n) is 9.67. The summed E-state index contributed by atoms with van der Waals surface area (Å²) < 4.78 is 0. The van der Waals surface area contributed by atoms with Crippen LogP contribution in [0.25, 0.3) is 10.9 Å². The maximum Gasteiger partial charge on any atom is 0.251 e. The fourth-order valence-corrected chi connectivity index (χ4v) is 3.40. The van der Waals surface area contributed by atoms with Gasteiger partial charge in [-0.1, -0.05) is 36.4 Å². The Morgan fingerprint density at radius 2 is 1.66 bits per heavy atom. The number of nitrogens with zero attached hydrogens (tertiary/aromatic N) is 1. The number of rotatable bonds is 6. The van der Waals surface area contributed by atoms with Gasteiger partial charge in [-0.25, -0.2) is 0 Å². The van der Waals surface area contributed by atoms with Crippen molar-refractivity contribution in [2.24, 2.45) is 0 Å². The van der Waals surface area contributed by atoms with Crippen molar-refractivity contribution in [3.8, 4) is 5.75 Å². The summed E-state index contributed by atoms with van der Waals surface area (Å²) in [6, 6.07) is 24.9. The highest BCUT2D eigenvalue weighted by Crippen LogP contribution is 2.20. The van der Waals surface area contributed by atoms with Gasteiger partial charge in [0.05, 0.1) is 5.52 Å². The Balaban J connectivity index is 1.49. The molecular formula is C25H22N2O2. The number of pyridine rings is 1. The van der Waals surface area contributed by atoms with Gasteiger partial charge >= 0.3 is 0 Å². The average molecular weight is 382 g/mol. The Bertz CT molecular complexity index is 1120. The Labute approximate surface area is 169 Å². The number of nitrogens with one attached hydrogen (secondary N) is 1. The van der Waals surface area contributed by atoms with E-state index in [-0.39, 0.29) is 11.7 Å². The highest BCUT2D eigenvalue weighted by atomic mass is 16.3. The van der Waals surface area contributed by atoms with Crippen LogP contribution in [0.15, 0.2) is 85.1 Å². The summed E-state index contributed by atoms with van der Waals surface area (Å²) in [5.41, 5.74) is 5.08. The molecule has 0 aliphatic rings. The van der Waals surface area contributed by atoms with Crippen LogP contribution in [0.4, 0.5) is 0 Å². The summed E-state index contributed by atoms with van der Waals surface area (Å²) in [6.07, 6.45) is 3.77. The fourth-order valence-electron chi connectivity index (χ4n) is 3.40. The van der Waals surface area contributed by atoms with Gasteiger partial charge < -0.3 is 10.4 Å². The van der Waals surface area contributed by atoms with Crippen LogP contribution >= 0.6 is 0 Å². The monoisotopic (exact) mass is 382 g/mol. The van der Waals surface area contributed by atoms with Gasteiger partial charge in [0.2, 0.25) is 0 Å². The number of aryl methyl sites for hydroxylation is 2. The maximum absolute atomic E-state index is 12.3. The van der Waals surface area contributed by atoms with E-state index >= 15 is 0 Å². The van der Waals surface area contributed by atoms with Crippen molar-refractivity contribution in [2.75, 3.05) is 0 Å². The van der Waals surface area contributed by atoms with Gasteiger partial charge in [-0.2, -0.15) is 0 Å². The number of hydrogen-bond donors (Lipinski definition) is 2. The first kappa shape index (κ1) is 18.7. The predicted octanol–water partition coefficient (Wildman–Crippen LogP) is 4.66. The summed E-state index contributed by atoms with van der Waals surface area (Å²) in [6.45, 7) is 0.433. The number of fused-ring (bicyclic) bond motifs is 1. The molecule has 0 saturated heterocycles. The number of phenolic OH excluding ortho intramolecular Hbond substituents is 1. The smallest absolute Gasteiger partial charge is 0.251 e. The molecular weight excluding hydrogens is 360 g/mol. The van der Waals surface area contributed by atoms with Crippen molar-refractivity contribution in [3.63, 3.8) is 0 Å². The zero-order valence-electron chi connectivity index (χ0n) is 16.0. The molecule has 0 aliphatic carbocycles. The molecule has 0 radical (unpaired) electrons. The highest BCUT2D eigenvalue weighted by Gasteiger charge is 2.07. The van der Waals surface area contributed by atoms with Gasteiger partial charge in [0.1, 0.15) is 5.75 Å². The number of hydrogen-bond acceptors (Lipinski definition) is 3. The standard InChI is InChI=1S/C25H22N2O2/c28-22-11-9-21(10-12-22)25(29)27-17-19-7-13-24-23(16-19)20(14-15-26-24)8-6-18-4-2-1-3-5-18/h1-5,7,9-16,28H,6,8,17H2,(H,27,29). The zero-order chi connectivity index (χ0) is 20.1. The number of carbonyl (C=O) groups is 1. The molecule has 144 valence electrons. The van der Waals surface area contributed by atoms with Gasteiger partial charge in [0.15, 0.2) is 0 Å². The summed E-state index contributed by atoms with van der Waals surface area (Å²) >= 11 is 0. The van der Waals surface area contributed by atoms with E-state index in [1.807, 2.05) is 24.4 Å². The van der Waals surface area contributed by atoms with Crippen LogP contribution in [0.2, 0.25) is 0 Å².